The van der Waals surface area contributed by atoms with E-state index in [9.17, 15) is 14.9 Å². The largest absolute Gasteiger partial charge is 0.458 e. The van der Waals surface area contributed by atoms with Gasteiger partial charge in [-0.3, -0.25) is 4.79 Å². The summed E-state index contributed by atoms with van der Waals surface area (Å²) in [7, 11) is 0. The van der Waals surface area contributed by atoms with Crippen LogP contribution in [0.2, 0.25) is 5.02 Å². The second-order valence-electron chi connectivity index (χ2n) is 7.20. The van der Waals surface area contributed by atoms with E-state index in [1.807, 2.05) is 12.1 Å². The molecule has 1 heterocycles. The highest BCUT2D eigenvalue weighted by Crippen LogP contribution is 2.43. The van der Waals surface area contributed by atoms with E-state index < -0.39 is 11.9 Å². The third-order valence-electron chi connectivity index (χ3n) is 4.89. The zero-order valence-corrected chi connectivity index (χ0v) is 21.4. The first kappa shape index (κ1) is 25.6. The summed E-state index contributed by atoms with van der Waals surface area (Å²) in [4.78, 5) is 25.4. The molecule has 0 fully saturated rings. The summed E-state index contributed by atoms with van der Waals surface area (Å²) >= 11 is 11.0. The van der Waals surface area contributed by atoms with Crippen LogP contribution in [0, 0.1) is 11.3 Å². The average molecular weight is 559 g/mol. The second-order valence-corrected chi connectivity index (χ2v) is 9.51. The van der Waals surface area contributed by atoms with Crippen LogP contribution in [0.15, 0.2) is 87.5 Å². The number of ether oxygens (including phenoxy) is 1. The van der Waals surface area contributed by atoms with Gasteiger partial charge in [-0.2, -0.15) is 5.26 Å². The van der Waals surface area contributed by atoms with E-state index in [0.717, 1.165) is 4.47 Å². The summed E-state index contributed by atoms with van der Waals surface area (Å²) in [5, 5.41) is 16.9. The Morgan fingerprint density at radius 1 is 1.29 bits per heavy atom. The Balaban J connectivity index is 1.91. The number of anilines is 1. The smallest absolute Gasteiger partial charge is 0.337 e. The predicted molar refractivity (Wildman–Crippen MR) is 139 cm³/mol. The Hall–Kier alpha value is -2.99. The second kappa shape index (κ2) is 11.9. The summed E-state index contributed by atoms with van der Waals surface area (Å²) in [5.74, 6) is -1.48. The molecule has 2 N–H and O–H groups in total. The Bertz CT molecular complexity index is 1220. The normalized spacial score (nSPS) is 15.3. The molecule has 0 saturated carbocycles. The standard InChI is InChI=1S/C25H21BrClN3O3S/c1-3-12-33-25(32)22-15(2)29-24(19(13-28)23(22)18-6-4-5-7-20(18)27)34-14-21(31)30-17-10-8-16(26)9-11-17/h3-11,23,29H,1,12,14H2,2H3,(H,30,31)/t23-/m0/s1. The summed E-state index contributed by atoms with van der Waals surface area (Å²) in [6.45, 7) is 5.33. The zero-order valence-electron chi connectivity index (χ0n) is 18.2. The van der Waals surface area contributed by atoms with Crippen molar-refractivity contribution in [2.45, 2.75) is 12.8 Å². The highest BCUT2D eigenvalue weighted by atomic mass is 79.9. The van der Waals surface area contributed by atoms with Crippen LogP contribution in [0.5, 0.6) is 0 Å². The van der Waals surface area contributed by atoms with Crippen molar-refractivity contribution in [3.8, 4) is 6.07 Å². The van der Waals surface area contributed by atoms with Crippen LogP contribution in [0.4, 0.5) is 5.69 Å². The van der Waals surface area contributed by atoms with Crippen LogP contribution < -0.4 is 10.6 Å². The molecule has 0 spiro atoms. The maximum Gasteiger partial charge on any atom is 0.337 e. The van der Waals surface area contributed by atoms with Crippen LogP contribution >= 0.6 is 39.3 Å². The molecule has 0 bridgehead atoms. The van der Waals surface area contributed by atoms with E-state index >= 15 is 0 Å². The molecule has 6 nitrogen and oxygen atoms in total. The number of carbonyl (C=O) groups is 2. The van der Waals surface area contributed by atoms with Crippen LogP contribution in [0.3, 0.4) is 0 Å². The number of dihydropyridines is 1. The van der Waals surface area contributed by atoms with Gasteiger partial charge in [0, 0.05) is 20.9 Å². The van der Waals surface area contributed by atoms with Gasteiger partial charge in [0.1, 0.15) is 6.61 Å². The van der Waals surface area contributed by atoms with Crippen molar-refractivity contribution >= 4 is 56.9 Å². The fourth-order valence-electron chi connectivity index (χ4n) is 3.40. The summed E-state index contributed by atoms with van der Waals surface area (Å²) in [6.07, 6.45) is 1.47. The fraction of sp³-hybridized carbons (Fsp3) is 0.160. The van der Waals surface area contributed by atoms with Crippen molar-refractivity contribution in [3.05, 3.63) is 98.1 Å². The molecule has 1 amide bonds. The molecule has 1 aliphatic heterocycles. The molecule has 0 aliphatic carbocycles. The molecule has 9 heteroatoms. The minimum absolute atomic E-state index is 0.0360. The lowest BCUT2D eigenvalue weighted by Gasteiger charge is -2.29. The molecule has 2 aromatic rings. The molecule has 1 aliphatic rings. The molecule has 3 rings (SSSR count). The number of nitrogens with zero attached hydrogens (tertiary/aromatic N) is 1. The van der Waals surface area contributed by atoms with Crippen LogP contribution in [0.25, 0.3) is 0 Å². The summed E-state index contributed by atoms with van der Waals surface area (Å²) in [5.41, 5.74) is 2.36. The average Bonchev–Trinajstić information content (AvgIpc) is 2.82. The minimum Gasteiger partial charge on any atom is -0.458 e. The van der Waals surface area contributed by atoms with E-state index in [1.165, 1.54) is 17.8 Å². The number of amides is 1. The van der Waals surface area contributed by atoms with Crippen molar-refractivity contribution in [1.29, 1.82) is 5.26 Å². The van der Waals surface area contributed by atoms with Gasteiger partial charge in [0.05, 0.1) is 33.9 Å². The van der Waals surface area contributed by atoms with Crippen molar-refractivity contribution < 1.29 is 14.3 Å². The van der Waals surface area contributed by atoms with E-state index in [0.29, 0.717) is 27.0 Å². The molecule has 0 unspecified atom stereocenters. The molecule has 2 aromatic carbocycles. The number of carbonyl (C=O) groups excluding carboxylic acids is 2. The van der Waals surface area contributed by atoms with E-state index in [-0.39, 0.29) is 29.4 Å². The van der Waals surface area contributed by atoms with Crippen molar-refractivity contribution in [3.63, 3.8) is 0 Å². The highest BCUT2D eigenvalue weighted by Gasteiger charge is 2.36. The van der Waals surface area contributed by atoms with E-state index in [2.05, 4.69) is 39.2 Å². The topological polar surface area (TPSA) is 91.2 Å². The van der Waals surface area contributed by atoms with E-state index in [4.69, 9.17) is 16.3 Å². The first-order valence-corrected chi connectivity index (χ1v) is 12.3. The number of esters is 1. The third kappa shape index (κ3) is 6.11. The predicted octanol–water partition coefficient (Wildman–Crippen LogP) is 5.90. The van der Waals surface area contributed by atoms with Crippen molar-refractivity contribution in [2.24, 2.45) is 0 Å². The van der Waals surface area contributed by atoms with Gasteiger partial charge in [0.2, 0.25) is 5.91 Å². The summed E-state index contributed by atoms with van der Waals surface area (Å²) in [6, 6.07) is 16.5. The zero-order chi connectivity index (χ0) is 24.7. The van der Waals surface area contributed by atoms with Gasteiger partial charge in [-0.15, -0.1) is 0 Å². The number of rotatable bonds is 8. The first-order valence-electron chi connectivity index (χ1n) is 10.2. The van der Waals surface area contributed by atoms with Gasteiger partial charge >= 0.3 is 5.97 Å². The molecule has 0 radical (unpaired) electrons. The Labute approximate surface area is 215 Å². The van der Waals surface area contributed by atoms with Gasteiger partial charge in [-0.25, -0.2) is 4.79 Å². The van der Waals surface area contributed by atoms with Gasteiger partial charge in [-0.05, 0) is 42.8 Å². The molecule has 34 heavy (non-hydrogen) atoms. The Morgan fingerprint density at radius 3 is 2.65 bits per heavy atom. The lowest BCUT2D eigenvalue weighted by atomic mass is 9.82. The van der Waals surface area contributed by atoms with Crippen LogP contribution in [-0.4, -0.2) is 24.2 Å². The third-order valence-corrected chi connectivity index (χ3v) is 6.78. The Kier molecular flexibility index (Phi) is 8.99. The number of nitrogens with one attached hydrogen (secondary N) is 2. The molecule has 1 atom stereocenters. The molecule has 0 saturated heterocycles. The van der Waals surface area contributed by atoms with Gasteiger partial charge in [0.15, 0.2) is 0 Å². The lowest BCUT2D eigenvalue weighted by molar-refractivity contribution is -0.138. The monoisotopic (exact) mass is 557 g/mol. The van der Waals surface area contributed by atoms with Gasteiger partial charge < -0.3 is 15.4 Å². The van der Waals surface area contributed by atoms with Crippen molar-refractivity contribution in [1.82, 2.24) is 5.32 Å². The number of benzene rings is 2. The SMILES string of the molecule is C=CCOC(=O)C1=C(C)NC(SCC(=O)Nc2ccc(Br)cc2)=C(C#N)[C@@H]1c1ccccc1Cl. The lowest BCUT2D eigenvalue weighted by Crippen LogP contribution is -2.29. The van der Waals surface area contributed by atoms with E-state index in [1.54, 1.807) is 43.3 Å². The number of hydrogen-bond donors (Lipinski definition) is 2. The quantitative estimate of drug-likeness (QED) is 0.310. The van der Waals surface area contributed by atoms with Crippen LogP contribution in [0.1, 0.15) is 18.4 Å². The molecule has 174 valence electrons. The van der Waals surface area contributed by atoms with Gasteiger partial charge in [-0.1, -0.05) is 70.1 Å². The minimum atomic E-state index is -0.741. The van der Waals surface area contributed by atoms with Crippen LogP contribution in [-0.2, 0) is 14.3 Å². The highest BCUT2D eigenvalue weighted by molar-refractivity contribution is 9.10. The fourth-order valence-corrected chi connectivity index (χ4v) is 4.80. The molecular weight excluding hydrogens is 538 g/mol. The maximum absolute atomic E-state index is 12.9. The first-order chi connectivity index (χ1) is 16.3. The number of nitriles is 1. The number of hydrogen-bond acceptors (Lipinski definition) is 6. The van der Waals surface area contributed by atoms with Crippen molar-refractivity contribution in [2.75, 3.05) is 17.7 Å². The maximum atomic E-state index is 12.9. The number of halogens is 2. The molecular formula is C25H21BrClN3O3S. The number of allylic oxidation sites excluding steroid dienone is 2. The molecule has 0 aromatic heterocycles. The summed E-state index contributed by atoms with van der Waals surface area (Å²) < 4.78 is 6.20. The number of thioether (sulfide) groups is 1. The van der Waals surface area contributed by atoms with Gasteiger partial charge in [0.25, 0.3) is 0 Å². The Morgan fingerprint density at radius 2 is 2.00 bits per heavy atom.